The zero-order valence-corrected chi connectivity index (χ0v) is 26.9. The second kappa shape index (κ2) is 11.8. The fourth-order valence-electron chi connectivity index (χ4n) is 6.58. The summed E-state index contributed by atoms with van der Waals surface area (Å²) in [6.07, 6.45) is 2.74. The minimum atomic E-state index is -0.878. The molecule has 0 fully saturated rings. The minimum absolute atomic E-state index is 0.0414. The zero-order valence-electron chi connectivity index (χ0n) is 26.1. The number of methoxy groups -OCH3 is 1. The number of hydrogen-bond acceptors (Lipinski definition) is 7. The number of nitrogens with zero attached hydrogens (tertiary/aromatic N) is 5. The highest BCUT2D eigenvalue weighted by atomic mass is 35.5. The molecule has 0 aliphatic carbocycles. The number of aromatic nitrogens is 4. The van der Waals surface area contributed by atoms with Crippen molar-refractivity contribution < 1.29 is 14.3 Å². The largest absolute Gasteiger partial charge is 0.489 e. The Balaban J connectivity index is 1.40. The van der Waals surface area contributed by atoms with Crippen molar-refractivity contribution in [1.82, 2.24) is 24.9 Å². The van der Waals surface area contributed by atoms with E-state index in [9.17, 15) is 4.79 Å². The molecule has 0 bridgehead atoms. The number of fused-ring (bicyclic) bond motifs is 3. The zero-order chi connectivity index (χ0) is 31.2. The number of pyridine rings is 1. The Morgan fingerprint density at radius 1 is 1.18 bits per heavy atom. The molecule has 2 aromatic heterocycles. The van der Waals surface area contributed by atoms with Crippen molar-refractivity contribution in [3.63, 3.8) is 0 Å². The van der Waals surface area contributed by atoms with Crippen LogP contribution in [-0.4, -0.2) is 50.6 Å². The van der Waals surface area contributed by atoms with Crippen LogP contribution in [0.1, 0.15) is 60.9 Å². The van der Waals surface area contributed by atoms with E-state index in [0.717, 1.165) is 68.5 Å². The quantitative estimate of drug-likeness (QED) is 0.184. The van der Waals surface area contributed by atoms with Crippen LogP contribution in [0, 0.1) is 12.3 Å². The summed E-state index contributed by atoms with van der Waals surface area (Å²) in [6, 6.07) is 18.5. The van der Waals surface area contributed by atoms with Crippen LogP contribution < -0.4 is 4.74 Å². The van der Waals surface area contributed by atoms with Gasteiger partial charge in [-0.25, -0.2) is 4.68 Å². The molecule has 2 atom stereocenters. The summed E-state index contributed by atoms with van der Waals surface area (Å²) < 4.78 is 13.6. The second-order valence-electron chi connectivity index (χ2n) is 12.3. The Hall–Kier alpha value is -4.01. The smallest absolute Gasteiger partial charge is 0.312 e. The number of carbonyl (C=O) groups is 1. The number of rotatable bonds is 7. The molecule has 1 aliphatic rings. The predicted molar refractivity (Wildman–Crippen MR) is 173 cm³/mol. The number of ether oxygens (including phenoxy) is 2. The second-order valence-corrected chi connectivity index (χ2v) is 12.7. The first-order valence-electron chi connectivity index (χ1n) is 15.0. The molecule has 8 nitrogen and oxygen atoms in total. The molecule has 0 saturated heterocycles. The third-order valence-corrected chi connectivity index (χ3v) is 9.38. The summed E-state index contributed by atoms with van der Waals surface area (Å²) in [5, 5.41) is 10.4. The van der Waals surface area contributed by atoms with E-state index in [1.54, 1.807) is 4.68 Å². The molecule has 0 spiro atoms. The Labute approximate surface area is 262 Å². The first-order valence-corrected chi connectivity index (χ1v) is 15.4. The van der Waals surface area contributed by atoms with Crippen molar-refractivity contribution in [2.45, 2.75) is 59.2 Å². The lowest BCUT2D eigenvalue weighted by molar-refractivity contribution is -0.151. The maximum absolute atomic E-state index is 13.3. The van der Waals surface area contributed by atoms with Crippen LogP contribution in [0.2, 0.25) is 5.02 Å². The van der Waals surface area contributed by atoms with Gasteiger partial charge in [0.05, 0.1) is 23.6 Å². The van der Waals surface area contributed by atoms with Gasteiger partial charge in [0.1, 0.15) is 17.4 Å². The van der Waals surface area contributed by atoms with Crippen molar-refractivity contribution in [3.05, 3.63) is 93.6 Å². The van der Waals surface area contributed by atoms with Gasteiger partial charge in [-0.15, -0.1) is 5.10 Å². The summed E-state index contributed by atoms with van der Waals surface area (Å²) >= 11 is 6.89. The highest BCUT2D eigenvalue weighted by Gasteiger charge is 2.41. The third kappa shape index (κ3) is 5.41. The molecule has 1 unspecified atom stereocenters. The van der Waals surface area contributed by atoms with Crippen molar-refractivity contribution in [2.24, 2.45) is 12.5 Å². The van der Waals surface area contributed by atoms with E-state index < -0.39 is 5.41 Å². The lowest BCUT2D eigenvalue weighted by atomic mass is 9.70. The van der Waals surface area contributed by atoms with Gasteiger partial charge in [0.25, 0.3) is 0 Å². The summed E-state index contributed by atoms with van der Waals surface area (Å²) in [5.41, 5.74) is 6.91. The highest BCUT2D eigenvalue weighted by molar-refractivity contribution is 6.31. The Bertz CT molecular complexity index is 1870. The number of benzene rings is 3. The molecule has 44 heavy (non-hydrogen) atoms. The molecule has 6 rings (SSSR count). The van der Waals surface area contributed by atoms with E-state index in [1.165, 1.54) is 7.11 Å². The van der Waals surface area contributed by atoms with Crippen LogP contribution in [0.3, 0.4) is 0 Å². The molecule has 228 valence electrons. The van der Waals surface area contributed by atoms with E-state index in [2.05, 4.69) is 57.5 Å². The fraction of sp³-hybridized carbons (Fsp3) is 0.371. The van der Waals surface area contributed by atoms with Crippen LogP contribution in [-0.2, 0) is 29.7 Å². The van der Waals surface area contributed by atoms with Gasteiger partial charge in [-0.2, -0.15) is 0 Å². The maximum atomic E-state index is 13.3. The van der Waals surface area contributed by atoms with Gasteiger partial charge in [-0.05, 0) is 79.8 Å². The number of esters is 1. The van der Waals surface area contributed by atoms with Gasteiger partial charge in [0, 0.05) is 54.8 Å². The third-order valence-electron chi connectivity index (χ3n) is 9.01. The Kier molecular flexibility index (Phi) is 8.07. The monoisotopic (exact) mass is 611 g/mol. The van der Waals surface area contributed by atoms with Crippen LogP contribution in [0.4, 0.5) is 0 Å². The topological polar surface area (TPSA) is 82.4 Å². The molecule has 0 radical (unpaired) electrons. The summed E-state index contributed by atoms with van der Waals surface area (Å²) in [4.78, 5) is 20.2. The van der Waals surface area contributed by atoms with Gasteiger partial charge in [0.2, 0.25) is 0 Å². The van der Waals surface area contributed by atoms with Gasteiger partial charge in [0.15, 0.2) is 0 Å². The van der Waals surface area contributed by atoms with Gasteiger partial charge in [-0.1, -0.05) is 48.0 Å². The summed E-state index contributed by atoms with van der Waals surface area (Å²) in [6.45, 7) is 10.2. The molecule has 0 N–H and O–H groups in total. The number of halogens is 1. The first-order chi connectivity index (χ1) is 21.1. The van der Waals surface area contributed by atoms with Crippen LogP contribution in [0.25, 0.3) is 21.9 Å². The summed E-state index contributed by atoms with van der Waals surface area (Å²) in [7, 11) is 3.32. The van der Waals surface area contributed by atoms with E-state index in [-0.39, 0.29) is 18.0 Å². The highest BCUT2D eigenvalue weighted by Crippen LogP contribution is 2.45. The van der Waals surface area contributed by atoms with Crippen LogP contribution in [0.15, 0.2) is 60.8 Å². The molecule has 0 saturated carbocycles. The lowest BCUT2D eigenvalue weighted by Crippen LogP contribution is -2.34. The van der Waals surface area contributed by atoms with E-state index in [1.807, 2.05) is 58.3 Å². The lowest BCUT2D eigenvalue weighted by Gasteiger charge is -2.34. The van der Waals surface area contributed by atoms with Crippen molar-refractivity contribution in [1.29, 1.82) is 0 Å². The molecule has 3 aromatic carbocycles. The van der Waals surface area contributed by atoms with Crippen molar-refractivity contribution in [2.75, 3.05) is 13.7 Å². The van der Waals surface area contributed by atoms with Crippen LogP contribution in [0.5, 0.6) is 5.75 Å². The first kappa shape index (κ1) is 30.0. The molecule has 5 aromatic rings. The molecular weight excluding hydrogens is 574 g/mol. The average Bonchev–Trinajstić information content (AvgIpc) is 3.30. The standard InChI is InChI=1S/C35H38ClN5O3/c1-7-26-20-41(19-25-16-29-22(9-8-14-37-29)17-31(25)44-26)18-24-15-23(10-12-28(24)36)32(35(3,4)34(42)43-6)27-11-13-30-33(21(27)2)38-39-40(30)5/h8-17,26,32H,7,18-20H2,1-6H3/t26-,32?/m1/s1. The molecule has 0 amide bonds. The molecule has 1 aliphatic heterocycles. The van der Waals surface area contributed by atoms with Crippen molar-refractivity contribution >= 4 is 39.5 Å². The SMILES string of the molecule is CC[C@@H]1CN(Cc2cc(C(c3ccc4c(nnn4C)c3C)C(C)(C)C(=O)OC)ccc2Cl)Cc2cc3ncccc3cc2O1. The predicted octanol–water partition coefficient (Wildman–Crippen LogP) is 6.98. The van der Waals surface area contributed by atoms with Gasteiger partial charge in [-0.3, -0.25) is 14.7 Å². The van der Waals surface area contributed by atoms with Gasteiger partial charge < -0.3 is 9.47 Å². The van der Waals surface area contributed by atoms with E-state index >= 15 is 0 Å². The maximum Gasteiger partial charge on any atom is 0.312 e. The molecule has 3 heterocycles. The molecular formula is C35H38ClN5O3. The number of hydrogen-bond donors (Lipinski definition) is 0. The minimum Gasteiger partial charge on any atom is -0.489 e. The number of aryl methyl sites for hydroxylation is 2. The fourth-order valence-corrected chi connectivity index (χ4v) is 6.76. The van der Waals surface area contributed by atoms with Gasteiger partial charge >= 0.3 is 5.97 Å². The van der Waals surface area contributed by atoms with Crippen LogP contribution >= 0.6 is 11.6 Å². The summed E-state index contributed by atoms with van der Waals surface area (Å²) in [5.74, 6) is 0.311. The normalized spacial score (nSPS) is 16.4. The van der Waals surface area contributed by atoms with Crippen molar-refractivity contribution in [3.8, 4) is 5.75 Å². The molecule has 9 heteroatoms. The Morgan fingerprint density at radius 2 is 2.00 bits per heavy atom. The Morgan fingerprint density at radius 3 is 2.77 bits per heavy atom. The number of carbonyl (C=O) groups excluding carboxylic acids is 1. The van der Waals surface area contributed by atoms with E-state index in [4.69, 9.17) is 21.1 Å². The average molecular weight is 612 g/mol. The van der Waals surface area contributed by atoms with E-state index in [0.29, 0.717) is 18.1 Å².